The summed E-state index contributed by atoms with van der Waals surface area (Å²) in [6, 6.07) is 1.27. The normalized spacial score (nSPS) is 34.2. The van der Waals surface area contributed by atoms with Gasteiger partial charge in [0, 0.05) is 18.6 Å². The first kappa shape index (κ1) is 14.3. The number of likely N-dealkylation sites (tertiary alicyclic amines) is 1. The molecule has 1 saturated heterocycles. The Morgan fingerprint density at radius 2 is 1.89 bits per heavy atom. The van der Waals surface area contributed by atoms with Crippen LogP contribution in [0, 0.1) is 0 Å². The lowest BCUT2D eigenvalue weighted by Crippen LogP contribution is -2.50. The van der Waals surface area contributed by atoms with Crippen molar-refractivity contribution in [3.63, 3.8) is 0 Å². The first-order chi connectivity index (χ1) is 8.59. The van der Waals surface area contributed by atoms with E-state index >= 15 is 0 Å². The van der Waals surface area contributed by atoms with Crippen LogP contribution < -0.4 is 5.32 Å². The van der Waals surface area contributed by atoms with Crippen LogP contribution in [0.1, 0.15) is 58.3 Å². The van der Waals surface area contributed by atoms with Crippen molar-refractivity contribution >= 4 is 0 Å². The van der Waals surface area contributed by atoms with Crippen molar-refractivity contribution in [1.82, 2.24) is 10.2 Å². The molecule has 2 rings (SSSR count). The Morgan fingerprint density at radius 3 is 2.50 bits per heavy atom. The maximum Gasteiger partial charge on any atom is 0.0771 e. The van der Waals surface area contributed by atoms with E-state index in [4.69, 9.17) is 0 Å². The smallest absolute Gasteiger partial charge is 0.0771 e. The molecule has 0 aromatic rings. The third-order valence-corrected chi connectivity index (χ3v) is 4.96. The summed E-state index contributed by atoms with van der Waals surface area (Å²) in [5, 5.41) is 14.3. The van der Waals surface area contributed by atoms with Crippen LogP contribution in [-0.2, 0) is 0 Å². The number of piperidine rings is 1. The van der Waals surface area contributed by atoms with Crippen molar-refractivity contribution in [3.05, 3.63) is 0 Å². The van der Waals surface area contributed by atoms with Gasteiger partial charge in [-0.05, 0) is 46.2 Å². The van der Waals surface area contributed by atoms with Gasteiger partial charge in [0.1, 0.15) is 0 Å². The average Bonchev–Trinajstić information content (AvgIpc) is 2.56. The van der Waals surface area contributed by atoms with Crippen molar-refractivity contribution < 1.29 is 5.11 Å². The van der Waals surface area contributed by atoms with Crippen LogP contribution in [0.3, 0.4) is 0 Å². The van der Waals surface area contributed by atoms with Crippen LogP contribution in [0.5, 0.6) is 0 Å². The second-order valence-electron chi connectivity index (χ2n) is 6.57. The van der Waals surface area contributed by atoms with E-state index in [1.54, 1.807) is 0 Å². The minimum absolute atomic E-state index is 0.427. The molecule has 2 aliphatic rings. The second kappa shape index (κ2) is 6.36. The Labute approximate surface area is 112 Å². The molecule has 1 aliphatic carbocycles. The van der Waals surface area contributed by atoms with E-state index in [1.807, 2.05) is 0 Å². The first-order valence-corrected chi connectivity index (χ1v) is 7.75. The van der Waals surface area contributed by atoms with E-state index in [0.717, 1.165) is 19.4 Å². The SMILES string of the molecule is CC1CC(NCC2(O)CCCCCC2)CCN1C. The largest absolute Gasteiger partial charge is 0.389 e. The van der Waals surface area contributed by atoms with Gasteiger partial charge < -0.3 is 15.3 Å². The molecule has 2 fully saturated rings. The predicted molar refractivity (Wildman–Crippen MR) is 75.8 cm³/mol. The topological polar surface area (TPSA) is 35.5 Å². The van der Waals surface area contributed by atoms with Crippen LogP contribution in [0.15, 0.2) is 0 Å². The zero-order valence-electron chi connectivity index (χ0n) is 12.1. The summed E-state index contributed by atoms with van der Waals surface area (Å²) in [4.78, 5) is 2.43. The average molecular weight is 254 g/mol. The highest BCUT2D eigenvalue weighted by Crippen LogP contribution is 2.27. The number of hydrogen-bond acceptors (Lipinski definition) is 3. The molecule has 0 radical (unpaired) electrons. The molecule has 106 valence electrons. The molecule has 1 aliphatic heterocycles. The van der Waals surface area contributed by atoms with Crippen molar-refractivity contribution in [1.29, 1.82) is 0 Å². The Balaban J connectivity index is 1.76. The lowest BCUT2D eigenvalue weighted by Gasteiger charge is -2.37. The standard InChI is InChI=1S/C15H30N2O/c1-13-11-14(7-10-17(13)2)16-12-15(18)8-5-3-4-6-9-15/h13-14,16,18H,3-12H2,1-2H3. The zero-order valence-corrected chi connectivity index (χ0v) is 12.1. The molecule has 2 unspecified atom stereocenters. The van der Waals surface area contributed by atoms with Gasteiger partial charge in [0.25, 0.3) is 0 Å². The van der Waals surface area contributed by atoms with E-state index in [-0.39, 0.29) is 0 Å². The molecule has 3 heteroatoms. The number of nitrogens with zero attached hydrogens (tertiary/aromatic N) is 1. The van der Waals surface area contributed by atoms with Crippen molar-refractivity contribution in [3.8, 4) is 0 Å². The van der Waals surface area contributed by atoms with E-state index in [0.29, 0.717) is 12.1 Å². The second-order valence-corrected chi connectivity index (χ2v) is 6.57. The third kappa shape index (κ3) is 3.94. The maximum atomic E-state index is 10.6. The fraction of sp³-hybridized carbons (Fsp3) is 1.00. The van der Waals surface area contributed by atoms with Crippen molar-refractivity contribution in [2.45, 2.75) is 76.0 Å². The highest BCUT2D eigenvalue weighted by molar-refractivity contribution is 4.87. The molecule has 3 nitrogen and oxygen atoms in total. The quantitative estimate of drug-likeness (QED) is 0.758. The molecule has 0 bridgehead atoms. The number of aliphatic hydroxyl groups is 1. The molecule has 0 amide bonds. The monoisotopic (exact) mass is 254 g/mol. The number of hydrogen-bond donors (Lipinski definition) is 2. The first-order valence-electron chi connectivity index (χ1n) is 7.75. The Hall–Kier alpha value is -0.120. The van der Waals surface area contributed by atoms with Gasteiger partial charge >= 0.3 is 0 Å². The number of rotatable bonds is 3. The molecule has 1 saturated carbocycles. The molecular formula is C15H30N2O. The summed E-state index contributed by atoms with van der Waals surface area (Å²) in [7, 11) is 2.21. The van der Waals surface area contributed by atoms with Crippen LogP contribution in [0.4, 0.5) is 0 Å². The van der Waals surface area contributed by atoms with Crippen molar-refractivity contribution in [2.24, 2.45) is 0 Å². The van der Waals surface area contributed by atoms with Gasteiger partial charge in [0.05, 0.1) is 5.60 Å². The zero-order chi connectivity index (χ0) is 13.0. The van der Waals surface area contributed by atoms with Gasteiger partial charge in [-0.15, -0.1) is 0 Å². The van der Waals surface area contributed by atoms with Crippen LogP contribution in [-0.4, -0.2) is 47.8 Å². The van der Waals surface area contributed by atoms with Crippen LogP contribution >= 0.6 is 0 Å². The summed E-state index contributed by atoms with van der Waals surface area (Å²) in [6.07, 6.45) is 9.40. The van der Waals surface area contributed by atoms with E-state index in [9.17, 15) is 5.11 Å². The molecule has 2 N–H and O–H groups in total. The van der Waals surface area contributed by atoms with Gasteiger partial charge in [-0.25, -0.2) is 0 Å². The highest BCUT2D eigenvalue weighted by Gasteiger charge is 2.30. The lowest BCUT2D eigenvalue weighted by atomic mass is 9.92. The Kier molecular flexibility index (Phi) is 5.05. The van der Waals surface area contributed by atoms with E-state index in [2.05, 4.69) is 24.2 Å². The summed E-state index contributed by atoms with van der Waals surface area (Å²) >= 11 is 0. The van der Waals surface area contributed by atoms with Gasteiger partial charge in [0.15, 0.2) is 0 Å². The van der Waals surface area contributed by atoms with Crippen LogP contribution in [0.25, 0.3) is 0 Å². The summed E-state index contributed by atoms with van der Waals surface area (Å²) < 4.78 is 0. The Bertz CT molecular complexity index is 249. The Morgan fingerprint density at radius 1 is 1.22 bits per heavy atom. The summed E-state index contributed by atoms with van der Waals surface area (Å²) in [5.74, 6) is 0. The summed E-state index contributed by atoms with van der Waals surface area (Å²) in [5.41, 5.74) is -0.427. The van der Waals surface area contributed by atoms with Crippen LogP contribution in [0.2, 0.25) is 0 Å². The fourth-order valence-corrected chi connectivity index (χ4v) is 3.37. The molecule has 0 aromatic carbocycles. The molecule has 1 heterocycles. The third-order valence-electron chi connectivity index (χ3n) is 4.96. The lowest BCUT2D eigenvalue weighted by molar-refractivity contribution is 0.0192. The van der Waals surface area contributed by atoms with E-state index < -0.39 is 5.60 Å². The molecule has 2 atom stereocenters. The minimum Gasteiger partial charge on any atom is -0.389 e. The fourth-order valence-electron chi connectivity index (χ4n) is 3.37. The van der Waals surface area contributed by atoms with Gasteiger partial charge in [-0.1, -0.05) is 25.7 Å². The van der Waals surface area contributed by atoms with Crippen molar-refractivity contribution in [2.75, 3.05) is 20.1 Å². The molecule has 18 heavy (non-hydrogen) atoms. The molecule has 0 aromatic heterocycles. The van der Waals surface area contributed by atoms with Gasteiger partial charge in [-0.3, -0.25) is 0 Å². The minimum atomic E-state index is -0.427. The molecule has 0 spiro atoms. The maximum absolute atomic E-state index is 10.6. The predicted octanol–water partition coefficient (Wildman–Crippen LogP) is 2.14. The highest BCUT2D eigenvalue weighted by atomic mass is 16.3. The summed E-state index contributed by atoms with van der Waals surface area (Å²) in [6.45, 7) is 4.28. The number of nitrogens with one attached hydrogen (secondary N) is 1. The van der Waals surface area contributed by atoms with E-state index in [1.165, 1.54) is 45.1 Å². The molecular weight excluding hydrogens is 224 g/mol. The van der Waals surface area contributed by atoms with Gasteiger partial charge in [0.2, 0.25) is 0 Å². The van der Waals surface area contributed by atoms with Gasteiger partial charge in [-0.2, -0.15) is 0 Å².